The number of rotatable bonds is 12. The summed E-state index contributed by atoms with van der Waals surface area (Å²) in [5.74, 6) is 0.647. The third kappa shape index (κ3) is 8.09. The number of hydrogen-bond donors (Lipinski definition) is 2. The molecule has 0 saturated heterocycles. The van der Waals surface area contributed by atoms with Crippen molar-refractivity contribution >= 4 is 23.5 Å². The fourth-order valence-electron chi connectivity index (χ4n) is 2.67. The lowest BCUT2D eigenvalue weighted by atomic mass is 10.2. The van der Waals surface area contributed by atoms with Gasteiger partial charge in [0.1, 0.15) is 11.5 Å². The number of aromatic nitrogens is 1. The highest BCUT2D eigenvalue weighted by atomic mass is 16.5. The lowest BCUT2D eigenvalue weighted by Crippen LogP contribution is -2.38. The molecule has 0 radical (unpaired) electrons. The molecule has 1 heterocycles. The van der Waals surface area contributed by atoms with Gasteiger partial charge < -0.3 is 24.6 Å². The van der Waals surface area contributed by atoms with Crippen molar-refractivity contribution in [3.8, 4) is 5.75 Å². The molecule has 1 aromatic carbocycles. The van der Waals surface area contributed by atoms with Crippen molar-refractivity contribution < 1.29 is 28.4 Å². The van der Waals surface area contributed by atoms with Gasteiger partial charge in [-0.3, -0.25) is 19.3 Å². The molecule has 0 aliphatic rings. The van der Waals surface area contributed by atoms with Gasteiger partial charge in [0.2, 0.25) is 17.7 Å². The molecule has 0 aliphatic heterocycles. The molecule has 168 valence electrons. The standard InChI is InChI=1S/C21H28N4O6/c1-15-12-18(24-31-15)25(14-16-4-6-17(30-3)7-5-16)21(28)9-8-19(26)23-13-20(27)22-10-11-29-2/h4-7,12H,8-11,13-14H2,1-3H3,(H,22,27)(H,23,26). The van der Waals surface area contributed by atoms with E-state index in [9.17, 15) is 14.4 Å². The maximum absolute atomic E-state index is 12.8. The van der Waals surface area contributed by atoms with Crippen molar-refractivity contribution in [2.75, 3.05) is 38.8 Å². The third-order valence-electron chi connectivity index (χ3n) is 4.33. The number of hydrogen-bond acceptors (Lipinski definition) is 7. The van der Waals surface area contributed by atoms with E-state index in [0.717, 1.165) is 5.56 Å². The normalized spacial score (nSPS) is 10.4. The minimum atomic E-state index is -0.393. The molecule has 2 N–H and O–H groups in total. The minimum absolute atomic E-state index is 0.0425. The lowest BCUT2D eigenvalue weighted by molar-refractivity contribution is -0.127. The second kappa shape index (κ2) is 12.3. The number of anilines is 1. The van der Waals surface area contributed by atoms with Gasteiger partial charge in [-0.1, -0.05) is 17.3 Å². The van der Waals surface area contributed by atoms with Gasteiger partial charge >= 0.3 is 0 Å². The van der Waals surface area contributed by atoms with E-state index < -0.39 is 5.91 Å². The van der Waals surface area contributed by atoms with E-state index in [1.807, 2.05) is 12.1 Å². The van der Waals surface area contributed by atoms with Crippen LogP contribution in [0.25, 0.3) is 0 Å². The molecule has 0 aliphatic carbocycles. The van der Waals surface area contributed by atoms with Crippen LogP contribution in [0, 0.1) is 6.92 Å². The van der Waals surface area contributed by atoms with Crippen LogP contribution >= 0.6 is 0 Å². The molecule has 0 fully saturated rings. The highest BCUT2D eigenvalue weighted by Gasteiger charge is 2.21. The molecule has 0 spiro atoms. The Morgan fingerprint density at radius 1 is 1.06 bits per heavy atom. The van der Waals surface area contributed by atoms with Crippen LogP contribution in [0.15, 0.2) is 34.9 Å². The zero-order valence-electron chi connectivity index (χ0n) is 18.0. The highest BCUT2D eigenvalue weighted by Crippen LogP contribution is 2.20. The predicted molar refractivity (Wildman–Crippen MR) is 113 cm³/mol. The van der Waals surface area contributed by atoms with Crippen LogP contribution in [0.5, 0.6) is 5.75 Å². The molecule has 2 aromatic rings. The van der Waals surface area contributed by atoms with E-state index in [2.05, 4.69) is 15.8 Å². The van der Waals surface area contributed by atoms with E-state index in [4.69, 9.17) is 14.0 Å². The Morgan fingerprint density at radius 2 is 1.81 bits per heavy atom. The van der Waals surface area contributed by atoms with Gasteiger partial charge in [-0.2, -0.15) is 0 Å². The molecule has 0 bridgehead atoms. The van der Waals surface area contributed by atoms with Gasteiger partial charge in [0.25, 0.3) is 0 Å². The van der Waals surface area contributed by atoms with Gasteiger partial charge in [-0.25, -0.2) is 0 Å². The first-order valence-corrected chi connectivity index (χ1v) is 9.82. The Hall–Kier alpha value is -3.40. The third-order valence-corrected chi connectivity index (χ3v) is 4.33. The van der Waals surface area contributed by atoms with Crippen LogP contribution in [-0.4, -0.2) is 56.8 Å². The molecule has 10 nitrogen and oxygen atoms in total. The lowest BCUT2D eigenvalue weighted by Gasteiger charge is -2.20. The molecule has 3 amide bonds. The second-order valence-corrected chi connectivity index (χ2v) is 6.74. The number of nitrogens with zero attached hydrogens (tertiary/aromatic N) is 2. The SMILES string of the molecule is COCCNC(=O)CNC(=O)CCC(=O)N(Cc1ccc(OC)cc1)c1cc(C)on1. The largest absolute Gasteiger partial charge is 0.497 e. The van der Waals surface area contributed by atoms with Gasteiger partial charge in [-0.05, 0) is 24.6 Å². The summed E-state index contributed by atoms with van der Waals surface area (Å²) in [5.41, 5.74) is 0.868. The average Bonchev–Trinajstić information content (AvgIpc) is 3.20. The fraction of sp³-hybridized carbons (Fsp3) is 0.429. The van der Waals surface area contributed by atoms with Crippen LogP contribution in [0.2, 0.25) is 0 Å². The number of amides is 3. The average molecular weight is 432 g/mol. The second-order valence-electron chi connectivity index (χ2n) is 6.74. The maximum atomic E-state index is 12.8. The summed E-state index contributed by atoms with van der Waals surface area (Å²) in [5, 5.41) is 9.03. The summed E-state index contributed by atoms with van der Waals surface area (Å²) in [6, 6.07) is 8.96. The van der Waals surface area contributed by atoms with E-state index in [1.165, 1.54) is 12.0 Å². The molecule has 10 heteroatoms. The molecule has 31 heavy (non-hydrogen) atoms. The quantitative estimate of drug-likeness (QED) is 0.483. The summed E-state index contributed by atoms with van der Waals surface area (Å²) >= 11 is 0. The number of ether oxygens (including phenoxy) is 2. The topological polar surface area (TPSA) is 123 Å². The Kier molecular flexibility index (Phi) is 9.50. The number of carbonyl (C=O) groups is 3. The summed E-state index contributed by atoms with van der Waals surface area (Å²) in [7, 11) is 3.11. The van der Waals surface area contributed by atoms with Crippen molar-refractivity contribution in [1.29, 1.82) is 0 Å². The number of nitrogens with one attached hydrogen (secondary N) is 2. The number of methoxy groups -OCH3 is 2. The smallest absolute Gasteiger partial charge is 0.239 e. The molecule has 0 unspecified atom stereocenters. The van der Waals surface area contributed by atoms with Crippen molar-refractivity contribution in [2.45, 2.75) is 26.3 Å². The first-order valence-electron chi connectivity index (χ1n) is 9.82. The number of carbonyl (C=O) groups excluding carboxylic acids is 3. The predicted octanol–water partition coefficient (Wildman–Crippen LogP) is 1.18. The first-order chi connectivity index (χ1) is 14.9. The van der Waals surface area contributed by atoms with Crippen LogP contribution in [-0.2, 0) is 25.7 Å². The molecule has 2 rings (SSSR count). The Morgan fingerprint density at radius 3 is 2.42 bits per heavy atom. The Balaban J connectivity index is 1.91. The summed E-state index contributed by atoms with van der Waals surface area (Å²) in [4.78, 5) is 38.0. The summed E-state index contributed by atoms with van der Waals surface area (Å²) in [6.07, 6.45) is -0.0979. The van der Waals surface area contributed by atoms with Crippen molar-refractivity contribution in [1.82, 2.24) is 15.8 Å². The fourth-order valence-corrected chi connectivity index (χ4v) is 2.67. The van der Waals surface area contributed by atoms with E-state index in [-0.39, 0.29) is 37.7 Å². The van der Waals surface area contributed by atoms with E-state index >= 15 is 0 Å². The Labute approximate surface area is 180 Å². The van der Waals surface area contributed by atoms with Gasteiger partial charge in [0, 0.05) is 32.6 Å². The van der Waals surface area contributed by atoms with Crippen LogP contribution in [0.3, 0.4) is 0 Å². The van der Waals surface area contributed by atoms with Gasteiger partial charge in [0.05, 0.1) is 26.8 Å². The first kappa shape index (κ1) is 23.9. The zero-order valence-corrected chi connectivity index (χ0v) is 18.0. The van der Waals surface area contributed by atoms with E-state index in [1.54, 1.807) is 32.2 Å². The van der Waals surface area contributed by atoms with Crippen LogP contribution in [0.1, 0.15) is 24.2 Å². The van der Waals surface area contributed by atoms with E-state index in [0.29, 0.717) is 30.5 Å². The number of benzene rings is 1. The summed E-state index contributed by atoms with van der Waals surface area (Å²) in [6.45, 7) is 2.59. The molecule has 1 aromatic heterocycles. The van der Waals surface area contributed by atoms with Crippen LogP contribution in [0.4, 0.5) is 5.82 Å². The number of aryl methyl sites for hydroxylation is 1. The molecular formula is C21H28N4O6. The molecule has 0 atom stereocenters. The molecule has 0 saturated carbocycles. The zero-order chi connectivity index (χ0) is 22.6. The van der Waals surface area contributed by atoms with Crippen LogP contribution < -0.4 is 20.3 Å². The molecular weight excluding hydrogens is 404 g/mol. The van der Waals surface area contributed by atoms with Crippen molar-refractivity contribution in [3.05, 3.63) is 41.7 Å². The highest BCUT2D eigenvalue weighted by molar-refractivity contribution is 5.95. The minimum Gasteiger partial charge on any atom is -0.497 e. The van der Waals surface area contributed by atoms with Crippen molar-refractivity contribution in [3.63, 3.8) is 0 Å². The van der Waals surface area contributed by atoms with Crippen molar-refractivity contribution in [2.24, 2.45) is 0 Å². The van der Waals surface area contributed by atoms with Gasteiger partial charge in [-0.15, -0.1) is 0 Å². The Bertz CT molecular complexity index is 865. The van der Waals surface area contributed by atoms with Gasteiger partial charge in [0.15, 0.2) is 5.82 Å². The monoisotopic (exact) mass is 432 g/mol. The maximum Gasteiger partial charge on any atom is 0.239 e. The summed E-state index contributed by atoms with van der Waals surface area (Å²) < 4.78 is 15.1.